The molecule has 3 unspecified atom stereocenters. The highest BCUT2D eigenvalue weighted by Crippen LogP contribution is 2.10. The first-order valence-electron chi connectivity index (χ1n) is 12.8. The monoisotopic (exact) mass is 538 g/mol. The van der Waals surface area contributed by atoms with Crippen molar-refractivity contribution in [3.05, 3.63) is 59.7 Å². The summed E-state index contributed by atoms with van der Waals surface area (Å²) in [6.45, 7) is 7.03. The van der Waals surface area contributed by atoms with E-state index in [4.69, 9.17) is 4.74 Å². The normalized spacial score (nSPS) is 16.7. The van der Waals surface area contributed by atoms with Gasteiger partial charge in [-0.2, -0.15) is 0 Å². The second kappa shape index (κ2) is 13.4. The van der Waals surface area contributed by atoms with E-state index in [1.165, 1.54) is 6.20 Å². The van der Waals surface area contributed by atoms with Crippen LogP contribution in [0, 0.1) is 11.8 Å². The number of nitrogens with one attached hydrogen (secondary N) is 4. The van der Waals surface area contributed by atoms with Crippen LogP contribution in [0.15, 0.2) is 42.6 Å². The average molecular weight is 539 g/mol. The second-order valence-corrected chi connectivity index (χ2v) is 9.93. The van der Waals surface area contributed by atoms with Crippen molar-refractivity contribution in [2.75, 3.05) is 0 Å². The number of fused-ring (bicyclic) bond motifs is 2. The van der Waals surface area contributed by atoms with E-state index in [0.717, 1.165) is 5.56 Å². The predicted molar refractivity (Wildman–Crippen MR) is 140 cm³/mol. The summed E-state index contributed by atoms with van der Waals surface area (Å²) in [5.74, 6) is -3.36. The Morgan fingerprint density at radius 2 is 1.64 bits per heavy atom. The van der Waals surface area contributed by atoms with E-state index >= 15 is 0 Å². The molecule has 4 amide bonds. The van der Waals surface area contributed by atoms with E-state index in [9.17, 15) is 24.0 Å². The van der Waals surface area contributed by atoms with E-state index < -0.39 is 47.7 Å². The van der Waals surface area contributed by atoms with Gasteiger partial charge in [0.25, 0.3) is 5.91 Å². The van der Waals surface area contributed by atoms with Gasteiger partial charge in [-0.25, -0.2) is 14.8 Å². The fraction of sp³-hybridized carbons (Fsp3) is 0.444. The third kappa shape index (κ3) is 8.32. The van der Waals surface area contributed by atoms with Gasteiger partial charge in [0.05, 0.1) is 12.2 Å². The largest absolute Gasteiger partial charge is 0.445 e. The summed E-state index contributed by atoms with van der Waals surface area (Å²) in [4.78, 5) is 72.4. The standard InChI is InChI=1S/C27H34N6O6/c1-15(2)21(24(35)31-19-12-20-28-11-10-18(30-20)13-29-26(37)23(19)34)32-25(36)22(16(3)4)33-27(38)39-14-17-8-6-5-7-9-17/h5-11,15-16,19,21-22H,12-14H2,1-4H3,(H,29,37)(H,31,35)(H,32,36)(H,33,38). The highest BCUT2D eigenvalue weighted by Gasteiger charge is 2.35. The molecule has 0 saturated carbocycles. The molecule has 2 aromatic rings. The molecule has 39 heavy (non-hydrogen) atoms. The maximum absolute atomic E-state index is 13.3. The lowest BCUT2D eigenvalue weighted by atomic mass is 9.99. The van der Waals surface area contributed by atoms with E-state index in [-0.39, 0.29) is 31.4 Å². The molecule has 4 N–H and O–H groups in total. The van der Waals surface area contributed by atoms with Crippen molar-refractivity contribution in [1.29, 1.82) is 0 Å². The first kappa shape index (κ1) is 29.2. The molecule has 1 aromatic carbocycles. The SMILES string of the molecule is CC(C)C(NC(=O)OCc1ccccc1)C(=O)NC(C(=O)NC1Cc2nccc(n2)CNC(=O)C1=O)C(C)C. The number of Topliss-reactive ketones (excluding diaryl/α,β-unsaturated/α-hetero) is 1. The molecular weight excluding hydrogens is 504 g/mol. The van der Waals surface area contributed by atoms with Gasteiger partial charge in [0.15, 0.2) is 0 Å². The minimum atomic E-state index is -1.23. The molecule has 0 saturated heterocycles. The zero-order valence-corrected chi connectivity index (χ0v) is 22.4. The van der Waals surface area contributed by atoms with Crippen LogP contribution in [0.1, 0.15) is 44.8 Å². The maximum atomic E-state index is 13.3. The minimum absolute atomic E-state index is 0.0335. The molecule has 0 aliphatic carbocycles. The molecule has 3 atom stereocenters. The van der Waals surface area contributed by atoms with E-state index in [0.29, 0.717) is 11.5 Å². The van der Waals surface area contributed by atoms with E-state index in [1.807, 2.05) is 18.2 Å². The molecule has 1 aromatic heterocycles. The number of ketones is 1. The Morgan fingerprint density at radius 3 is 2.31 bits per heavy atom. The molecule has 0 spiro atoms. The van der Waals surface area contributed by atoms with Crippen LogP contribution in [0.25, 0.3) is 0 Å². The number of hydrogen-bond donors (Lipinski definition) is 4. The van der Waals surface area contributed by atoms with Crippen molar-refractivity contribution in [3.63, 3.8) is 0 Å². The lowest BCUT2D eigenvalue weighted by Crippen LogP contribution is -2.59. The van der Waals surface area contributed by atoms with Crippen molar-refractivity contribution < 1.29 is 28.7 Å². The van der Waals surface area contributed by atoms with Crippen LogP contribution in [0.5, 0.6) is 0 Å². The van der Waals surface area contributed by atoms with Crippen molar-refractivity contribution >= 4 is 29.6 Å². The molecule has 1 aliphatic rings. The third-order valence-electron chi connectivity index (χ3n) is 6.12. The number of amides is 4. The number of carbonyl (C=O) groups excluding carboxylic acids is 5. The highest BCUT2D eigenvalue weighted by atomic mass is 16.5. The van der Waals surface area contributed by atoms with E-state index in [1.54, 1.807) is 45.9 Å². The van der Waals surface area contributed by atoms with Gasteiger partial charge in [0.2, 0.25) is 17.6 Å². The summed E-state index contributed by atoms with van der Waals surface area (Å²) in [5.41, 5.74) is 1.33. The molecule has 2 heterocycles. The summed E-state index contributed by atoms with van der Waals surface area (Å²) in [6, 6.07) is 7.44. The number of alkyl carbamates (subject to hydrolysis) is 1. The van der Waals surface area contributed by atoms with Gasteiger partial charge >= 0.3 is 6.09 Å². The average Bonchev–Trinajstić information content (AvgIpc) is 2.94. The summed E-state index contributed by atoms with van der Waals surface area (Å²) < 4.78 is 5.24. The first-order valence-corrected chi connectivity index (χ1v) is 12.8. The maximum Gasteiger partial charge on any atom is 0.408 e. The fourth-order valence-electron chi connectivity index (χ4n) is 3.91. The van der Waals surface area contributed by atoms with Gasteiger partial charge in [-0.05, 0) is 23.5 Å². The molecule has 1 aliphatic heterocycles. The van der Waals surface area contributed by atoms with Crippen molar-refractivity contribution in [2.45, 2.75) is 65.4 Å². The summed E-state index contributed by atoms with van der Waals surface area (Å²) >= 11 is 0. The lowest BCUT2D eigenvalue weighted by Gasteiger charge is -2.28. The Hall–Kier alpha value is -4.35. The van der Waals surface area contributed by atoms with Gasteiger partial charge in [-0.1, -0.05) is 58.0 Å². The van der Waals surface area contributed by atoms with Crippen molar-refractivity contribution in [2.24, 2.45) is 11.8 Å². The van der Waals surface area contributed by atoms with Crippen LogP contribution < -0.4 is 21.3 Å². The van der Waals surface area contributed by atoms with Crippen LogP contribution >= 0.6 is 0 Å². The Kier molecular flexibility index (Phi) is 10.1. The smallest absolute Gasteiger partial charge is 0.408 e. The Labute approximate surface area is 226 Å². The number of rotatable bonds is 9. The van der Waals surface area contributed by atoms with Crippen molar-refractivity contribution in [1.82, 2.24) is 31.2 Å². The van der Waals surface area contributed by atoms with Crippen LogP contribution in [-0.4, -0.2) is 57.7 Å². The predicted octanol–water partition coefficient (Wildman–Crippen LogP) is 0.795. The quantitative estimate of drug-likeness (QED) is 0.340. The van der Waals surface area contributed by atoms with Gasteiger partial charge in [-0.3, -0.25) is 19.2 Å². The number of benzene rings is 1. The zero-order chi connectivity index (χ0) is 28.5. The van der Waals surface area contributed by atoms with Gasteiger partial charge < -0.3 is 26.0 Å². The highest BCUT2D eigenvalue weighted by molar-refractivity contribution is 6.38. The third-order valence-corrected chi connectivity index (χ3v) is 6.12. The second-order valence-electron chi connectivity index (χ2n) is 9.93. The van der Waals surface area contributed by atoms with Crippen LogP contribution in [0.3, 0.4) is 0 Å². The molecule has 12 nitrogen and oxygen atoms in total. The number of hydrogen-bond acceptors (Lipinski definition) is 8. The Balaban J connectivity index is 1.67. The number of carbonyl (C=O) groups is 5. The van der Waals surface area contributed by atoms with Gasteiger partial charge in [-0.15, -0.1) is 0 Å². The summed E-state index contributed by atoms with van der Waals surface area (Å²) in [6.07, 6.45) is 0.649. The zero-order valence-electron chi connectivity index (χ0n) is 22.4. The molecule has 0 fully saturated rings. The van der Waals surface area contributed by atoms with Crippen LogP contribution in [0.4, 0.5) is 4.79 Å². The molecule has 3 rings (SSSR count). The first-order chi connectivity index (χ1) is 18.5. The van der Waals surface area contributed by atoms with Crippen LogP contribution in [0.2, 0.25) is 0 Å². The Morgan fingerprint density at radius 1 is 0.974 bits per heavy atom. The number of ether oxygens (including phenoxy) is 1. The van der Waals surface area contributed by atoms with E-state index in [2.05, 4.69) is 31.2 Å². The van der Waals surface area contributed by atoms with Gasteiger partial charge in [0.1, 0.15) is 30.6 Å². The fourth-order valence-corrected chi connectivity index (χ4v) is 3.91. The Bertz CT molecular complexity index is 1200. The molecule has 12 heteroatoms. The van der Waals surface area contributed by atoms with Crippen LogP contribution in [-0.2, 0) is 43.5 Å². The molecular formula is C27H34N6O6. The van der Waals surface area contributed by atoms with Gasteiger partial charge in [0, 0.05) is 12.6 Å². The molecule has 2 bridgehead atoms. The minimum Gasteiger partial charge on any atom is -0.445 e. The summed E-state index contributed by atoms with van der Waals surface area (Å²) in [7, 11) is 0. The van der Waals surface area contributed by atoms with Crippen molar-refractivity contribution in [3.8, 4) is 0 Å². The number of aromatic nitrogens is 2. The summed E-state index contributed by atoms with van der Waals surface area (Å²) in [5, 5.41) is 10.3. The topological polar surface area (TPSA) is 168 Å². The lowest BCUT2D eigenvalue weighted by molar-refractivity contribution is -0.140. The molecule has 0 radical (unpaired) electrons. The molecule has 208 valence electrons. The number of nitrogens with zero attached hydrogens (tertiary/aromatic N) is 2.